The van der Waals surface area contributed by atoms with Gasteiger partial charge in [0.05, 0.1) is 5.75 Å². The molecular weight excluding hydrogens is 138 g/mol. The maximum Gasteiger partial charge on any atom is 0.253 e. The van der Waals surface area contributed by atoms with E-state index in [0.717, 1.165) is 12.2 Å². The molecule has 0 rings (SSSR count). The van der Waals surface area contributed by atoms with Gasteiger partial charge >= 0.3 is 0 Å². The number of amides is 1. The van der Waals surface area contributed by atoms with Gasteiger partial charge in [0.15, 0.2) is 0 Å². The third kappa shape index (κ3) is 5.65. The molecule has 0 aromatic rings. The van der Waals surface area contributed by atoms with Crippen molar-refractivity contribution in [2.24, 2.45) is 0 Å². The van der Waals surface area contributed by atoms with Gasteiger partial charge in [-0.3, -0.25) is 10.0 Å². The van der Waals surface area contributed by atoms with Gasteiger partial charge in [-0.2, -0.15) is 11.8 Å². The number of carbonyl (C=O) groups is 1. The van der Waals surface area contributed by atoms with Crippen LogP contribution in [0.4, 0.5) is 0 Å². The first kappa shape index (κ1) is 8.78. The van der Waals surface area contributed by atoms with E-state index in [1.54, 1.807) is 5.48 Å². The van der Waals surface area contributed by atoms with E-state index in [9.17, 15) is 4.79 Å². The molecular formula is C5H11NO2S. The van der Waals surface area contributed by atoms with E-state index in [-0.39, 0.29) is 5.91 Å². The first-order valence-corrected chi connectivity index (χ1v) is 3.97. The van der Waals surface area contributed by atoms with Crippen LogP contribution in [0.1, 0.15) is 13.3 Å². The summed E-state index contributed by atoms with van der Waals surface area (Å²) in [5, 5.41) is 8.02. The SMILES string of the molecule is CCCSCC(=O)NO. The van der Waals surface area contributed by atoms with E-state index in [2.05, 4.69) is 0 Å². The average molecular weight is 149 g/mol. The highest BCUT2D eigenvalue weighted by atomic mass is 32.2. The predicted molar refractivity (Wildman–Crippen MR) is 37.5 cm³/mol. The first-order valence-electron chi connectivity index (χ1n) is 2.82. The zero-order chi connectivity index (χ0) is 7.11. The number of nitrogens with one attached hydrogen (secondary N) is 1. The number of hydrogen-bond donors (Lipinski definition) is 2. The Morgan fingerprint density at radius 3 is 2.89 bits per heavy atom. The van der Waals surface area contributed by atoms with Gasteiger partial charge in [-0.25, -0.2) is 5.48 Å². The van der Waals surface area contributed by atoms with Gasteiger partial charge in [-0.1, -0.05) is 6.92 Å². The Labute approximate surface area is 58.8 Å². The molecule has 0 unspecified atom stereocenters. The monoisotopic (exact) mass is 149 g/mol. The van der Waals surface area contributed by atoms with E-state index in [0.29, 0.717) is 5.75 Å². The van der Waals surface area contributed by atoms with Crippen LogP contribution >= 0.6 is 11.8 Å². The van der Waals surface area contributed by atoms with Gasteiger partial charge in [0.1, 0.15) is 0 Å². The predicted octanol–water partition coefficient (Wildman–Crippen LogP) is 0.635. The van der Waals surface area contributed by atoms with Gasteiger partial charge in [0.25, 0.3) is 5.91 Å². The van der Waals surface area contributed by atoms with Crippen molar-refractivity contribution in [3.8, 4) is 0 Å². The second-order valence-electron chi connectivity index (χ2n) is 1.59. The fraction of sp³-hybridized carbons (Fsp3) is 0.800. The molecule has 4 heteroatoms. The van der Waals surface area contributed by atoms with Crippen molar-refractivity contribution in [2.75, 3.05) is 11.5 Å². The summed E-state index contributed by atoms with van der Waals surface area (Å²) < 4.78 is 0. The van der Waals surface area contributed by atoms with Crippen LogP contribution in [-0.4, -0.2) is 22.6 Å². The number of rotatable bonds is 4. The number of hydrogen-bond acceptors (Lipinski definition) is 3. The summed E-state index contributed by atoms with van der Waals surface area (Å²) in [5.41, 5.74) is 1.56. The van der Waals surface area contributed by atoms with Gasteiger partial charge in [-0.15, -0.1) is 0 Å². The van der Waals surface area contributed by atoms with Crippen molar-refractivity contribution in [1.82, 2.24) is 5.48 Å². The molecule has 0 aliphatic carbocycles. The van der Waals surface area contributed by atoms with Crippen molar-refractivity contribution >= 4 is 17.7 Å². The molecule has 0 spiro atoms. The molecule has 0 heterocycles. The Morgan fingerprint density at radius 2 is 2.44 bits per heavy atom. The lowest BCUT2D eigenvalue weighted by Crippen LogP contribution is -2.20. The molecule has 2 N–H and O–H groups in total. The fourth-order valence-corrected chi connectivity index (χ4v) is 1.02. The Bertz CT molecular complexity index is 87.0. The molecule has 0 aromatic heterocycles. The summed E-state index contributed by atoms with van der Waals surface area (Å²) in [7, 11) is 0. The summed E-state index contributed by atoms with van der Waals surface area (Å²) in [6, 6.07) is 0. The highest BCUT2D eigenvalue weighted by molar-refractivity contribution is 7.99. The molecule has 0 bridgehead atoms. The fourth-order valence-electron chi connectivity index (χ4n) is 0.341. The summed E-state index contributed by atoms with van der Waals surface area (Å²) in [6.45, 7) is 2.05. The minimum atomic E-state index is -0.326. The Hall–Kier alpha value is -0.220. The quantitative estimate of drug-likeness (QED) is 0.350. The number of hydroxylamine groups is 1. The summed E-state index contributed by atoms with van der Waals surface area (Å²) in [6.07, 6.45) is 1.06. The topological polar surface area (TPSA) is 49.3 Å². The first-order chi connectivity index (χ1) is 4.31. The van der Waals surface area contributed by atoms with E-state index in [4.69, 9.17) is 5.21 Å². The van der Waals surface area contributed by atoms with Crippen LogP contribution in [0.2, 0.25) is 0 Å². The Morgan fingerprint density at radius 1 is 1.78 bits per heavy atom. The van der Waals surface area contributed by atoms with E-state index < -0.39 is 0 Å². The molecule has 0 aromatic carbocycles. The molecule has 0 saturated heterocycles. The van der Waals surface area contributed by atoms with Crippen molar-refractivity contribution < 1.29 is 10.0 Å². The second kappa shape index (κ2) is 5.91. The third-order valence-electron chi connectivity index (χ3n) is 0.706. The van der Waals surface area contributed by atoms with E-state index in [1.807, 2.05) is 6.92 Å². The molecule has 3 nitrogen and oxygen atoms in total. The van der Waals surface area contributed by atoms with Crippen LogP contribution in [0.15, 0.2) is 0 Å². The maximum atomic E-state index is 10.3. The standard InChI is InChI=1S/C5H11NO2S/c1-2-3-9-4-5(7)6-8/h8H,2-4H2,1H3,(H,6,7). The van der Waals surface area contributed by atoms with Crippen LogP contribution in [0.3, 0.4) is 0 Å². The molecule has 54 valence electrons. The Kier molecular flexibility index (Phi) is 5.76. The van der Waals surface area contributed by atoms with Gasteiger partial charge < -0.3 is 0 Å². The lowest BCUT2D eigenvalue weighted by Gasteiger charge is -1.95. The largest absolute Gasteiger partial charge is 0.289 e. The average Bonchev–Trinajstić information content (AvgIpc) is 1.89. The van der Waals surface area contributed by atoms with Crippen LogP contribution in [0, 0.1) is 0 Å². The van der Waals surface area contributed by atoms with Crippen LogP contribution in [0.5, 0.6) is 0 Å². The minimum absolute atomic E-state index is 0.326. The highest BCUT2D eigenvalue weighted by Gasteiger charge is 1.95. The lowest BCUT2D eigenvalue weighted by atomic mass is 10.6. The van der Waals surface area contributed by atoms with E-state index in [1.165, 1.54) is 11.8 Å². The van der Waals surface area contributed by atoms with Crippen LogP contribution < -0.4 is 5.48 Å². The van der Waals surface area contributed by atoms with Crippen LogP contribution in [0.25, 0.3) is 0 Å². The molecule has 9 heavy (non-hydrogen) atoms. The summed E-state index contributed by atoms with van der Waals surface area (Å²) in [5.74, 6) is 0.992. The third-order valence-corrected chi connectivity index (χ3v) is 1.87. The van der Waals surface area contributed by atoms with Gasteiger partial charge in [-0.05, 0) is 12.2 Å². The molecule has 0 aliphatic rings. The highest BCUT2D eigenvalue weighted by Crippen LogP contribution is 1.99. The van der Waals surface area contributed by atoms with Crippen LogP contribution in [-0.2, 0) is 4.79 Å². The second-order valence-corrected chi connectivity index (χ2v) is 2.69. The molecule has 0 aliphatic heterocycles. The number of thioether (sulfide) groups is 1. The summed E-state index contributed by atoms with van der Waals surface area (Å²) in [4.78, 5) is 10.3. The minimum Gasteiger partial charge on any atom is -0.289 e. The molecule has 0 saturated carbocycles. The zero-order valence-electron chi connectivity index (χ0n) is 5.39. The molecule has 0 fully saturated rings. The Balaban J connectivity index is 2.97. The molecule has 0 atom stereocenters. The lowest BCUT2D eigenvalue weighted by molar-refractivity contribution is -0.126. The number of carbonyl (C=O) groups excluding carboxylic acids is 1. The molecule has 1 amide bonds. The van der Waals surface area contributed by atoms with Crippen molar-refractivity contribution in [3.63, 3.8) is 0 Å². The van der Waals surface area contributed by atoms with Gasteiger partial charge in [0, 0.05) is 0 Å². The van der Waals surface area contributed by atoms with Gasteiger partial charge in [0.2, 0.25) is 0 Å². The van der Waals surface area contributed by atoms with Crippen molar-refractivity contribution in [1.29, 1.82) is 0 Å². The summed E-state index contributed by atoms with van der Waals surface area (Å²) >= 11 is 1.51. The smallest absolute Gasteiger partial charge is 0.253 e. The maximum absolute atomic E-state index is 10.3. The normalized spacial score (nSPS) is 9.11. The van der Waals surface area contributed by atoms with Crippen molar-refractivity contribution in [3.05, 3.63) is 0 Å². The zero-order valence-corrected chi connectivity index (χ0v) is 6.20. The van der Waals surface area contributed by atoms with Crippen molar-refractivity contribution in [2.45, 2.75) is 13.3 Å². The van der Waals surface area contributed by atoms with E-state index >= 15 is 0 Å². The molecule has 0 radical (unpaired) electrons.